The molecular formula is C27H35N3O5. The van der Waals surface area contributed by atoms with Crippen molar-refractivity contribution in [2.75, 3.05) is 18.6 Å². The van der Waals surface area contributed by atoms with Crippen molar-refractivity contribution in [3.8, 4) is 5.75 Å². The molecule has 1 aliphatic heterocycles. The van der Waals surface area contributed by atoms with E-state index in [9.17, 15) is 14.4 Å². The molecule has 1 N–H and O–H groups in total. The highest BCUT2D eigenvalue weighted by atomic mass is 16.5. The van der Waals surface area contributed by atoms with E-state index < -0.39 is 0 Å². The van der Waals surface area contributed by atoms with Gasteiger partial charge in [0.1, 0.15) is 12.3 Å². The number of hydrogen-bond donors (Lipinski definition) is 1. The molecule has 1 aromatic carbocycles. The highest BCUT2D eigenvalue weighted by molar-refractivity contribution is 5.96. The zero-order chi connectivity index (χ0) is 24.8. The van der Waals surface area contributed by atoms with E-state index in [4.69, 9.17) is 9.47 Å². The van der Waals surface area contributed by atoms with Crippen molar-refractivity contribution in [1.29, 1.82) is 0 Å². The number of aromatic nitrogens is 1. The van der Waals surface area contributed by atoms with Crippen molar-refractivity contribution >= 4 is 11.9 Å². The lowest BCUT2D eigenvalue weighted by atomic mass is 10.0. The lowest BCUT2D eigenvalue weighted by molar-refractivity contribution is -0.147. The lowest BCUT2D eigenvalue weighted by Crippen LogP contribution is -2.54. The summed E-state index contributed by atoms with van der Waals surface area (Å²) in [5.41, 5.74) is 4.37. The molecule has 1 aromatic heterocycles. The second-order valence-corrected chi connectivity index (χ2v) is 9.42. The number of carbonyl (C=O) groups is 2. The number of nitrogens with one attached hydrogen (secondary N) is 1. The monoisotopic (exact) mass is 481 g/mol. The Morgan fingerprint density at radius 2 is 1.91 bits per heavy atom. The minimum atomic E-state index is -0.327. The van der Waals surface area contributed by atoms with Gasteiger partial charge in [0.2, 0.25) is 5.43 Å². The fourth-order valence-corrected chi connectivity index (χ4v) is 4.46. The number of pyridine rings is 1. The van der Waals surface area contributed by atoms with E-state index in [0.29, 0.717) is 31.9 Å². The van der Waals surface area contributed by atoms with Gasteiger partial charge in [-0.25, -0.2) is 0 Å². The number of unbranched alkanes of at least 4 members (excludes halogenated alkanes) is 1. The largest absolute Gasteiger partial charge is 0.487 e. The zero-order valence-electron chi connectivity index (χ0n) is 20.6. The van der Waals surface area contributed by atoms with Gasteiger partial charge >= 0.3 is 5.97 Å². The molecule has 2 aliphatic rings. The van der Waals surface area contributed by atoms with Crippen LogP contribution in [0.5, 0.6) is 5.75 Å². The summed E-state index contributed by atoms with van der Waals surface area (Å²) in [5.74, 6) is 0.127. The van der Waals surface area contributed by atoms with Crippen molar-refractivity contribution in [2.24, 2.45) is 5.92 Å². The molecule has 0 bridgehead atoms. The summed E-state index contributed by atoms with van der Waals surface area (Å²) in [6, 6.07) is 11.2. The molecule has 4 rings (SSSR count). The number of amides is 1. The Kier molecular flexibility index (Phi) is 8.10. The first-order valence-corrected chi connectivity index (χ1v) is 12.7. The van der Waals surface area contributed by atoms with Crippen LogP contribution in [-0.2, 0) is 9.53 Å². The summed E-state index contributed by atoms with van der Waals surface area (Å²) in [7, 11) is 0. The van der Waals surface area contributed by atoms with E-state index in [1.54, 1.807) is 10.9 Å². The SMILES string of the molecule is CCCCOc1c2n(ccc1=O)NC(CCCC(OC(C)=O)c1ccccc1)N(CC1CC1)C2=O. The molecule has 2 heterocycles. The van der Waals surface area contributed by atoms with E-state index in [2.05, 4.69) is 12.3 Å². The summed E-state index contributed by atoms with van der Waals surface area (Å²) in [6.45, 7) is 4.53. The average Bonchev–Trinajstić information content (AvgIpc) is 3.67. The molecule has 8 nitrogen and oxygen atoms in total. The van der Waals surface area contributed by atoms with Crippen molar-refractivity contribution < 1.29 is 19.1 Å². The van der Waals surface area contributed by atoms with Crippen molar-refractivity contribution in [3.05, 3.63) is 64.1 Å². The van der Waals surface area contributed by atoms with E-state index in [-0.39, 0.29) is 41.0 Å². The predicted octanol–water partition coefficient (Wildman–Crippen LogP) is 4.24. The first kappa shape index (κ1) is 24.8. The predicted molar refractivity (Wildman–Crippen MR) is 133 cm³/mol. The Morgan fingerprint density at radius 3 is 2.60 bits per heavy atom. The average molecular weight is 482 g/mol. The molecule has 2 aromatic rings. The standard InChI is InChI=1S/C27H35N3O5/c1-3-4-17-34-26-22(32)15-16-30-25(26)27(33)29(18-20-13-14-20)24(28-30)12-8-11-23(35-19(2)31)21-9-6-5-7-10-21/h5-7,9-10,15-16,20,23-24,28H,3-4,8,11-14,17-18H2,1-2H3. The molecule has 1 fully saturated rings. The number of fused-ring (bicyclic) bond motifs is 1. The molecule has 1 aliphatic carbocycles. The van der Waals surface area contributed by atoms with Crippen LogP contribution in [0.25, 0.3) is 0 Å². The van der Waals surface area contributed by atoms with E-state index >= 15 is 0 Å². The van der Waals surface area contributed by atoms with Gasteiger partial charge in [0, 0.05) is 25.7 Å². The smallest absolute Gasteiger partial charge is 0.303 e. The minimum absolute atomic E-state index is 0.122. The number of carbonyl (C=O) groups excluding carboxylic acids is 2. The summed E-state index contributed by atoms with van der Waals surface area (Å²) in [6.07, 6.45) is 7.10. The number of rotatable bonds is 12. The van der Waals surface area contributed by atoms with Crippen molar-refractivity contribution in [1.82, 2.24) is 9.58 Å². The summed E-state index contributed by atoms with van der Waals surface area (Å²) < 4.78 is 13.0. The van der Waals surface area contributed by atoms with Crippen LogP contribution in [-0.4, -0.2) is 40.8 Å². The fourth-order valence-electron chi connectivity index (χ4n) is 4.46. The summed E-state index contributed by atoms with van der Waals surface area (Å²) in [4.78, 5) is 39.7. The molecule has 1 saturated carbocycles. The summed E-state index contributed by atoms with van der Waals surface area (Å²) >= 11 is 0. The van der Waals surface area contributed by atoms with Gasteiger partial charge in [0.25, 0.3) is 5.91 Å². The van der Waals surface area contributed by atoms with Crippen LogP contribution in [0.4, 0.5) is 0 Å². The van der Waals surface area contributed by atoms with Gasteiger partial charge < -0.3 is 19.8 Å². The van der Waals surface area contributed by atoms with Gasteiger partial charge in [0.05, 0.1) is 6.61 Å². The first-order chi connectivity index (χ1) is 17.0. The van der Waals surface area contributed by atoms with Gasteiger partial charge in [0.15, 0.2) is 11.4 Å². The fraction of sp³-hybridized carbons (Fsp3) is 0.519. The maximum Gasteiger partial charge on any atom is 0.303 e. The van der Waals surface area contributed by atoms with Gasteiger partial charge in [-0.05, 0) is 50.0 Å². The van der Waals surface area contributed by atoms with Crippen LogP contribution in [0.15, 0.2) is 47.4 Å². The molecule has 2 atom stereocenters. The molecule has 35 heavy (non-hydrogen) atoms. The molecular weight excluding hydrogens is 446 g/mol. The molecule has 1 amide bonds. The summed E-state index contributed by atoms with van der Waals surface area (Å²) in [5, 5.41) is 0. The maximum atomic E-state index is 13.6. The number of hydrogen-bond acceptors (Lipinski definition) is 6. The third-order valence-electron chi connectivity index (χ3n) is 6.50. The van der Waals surface area contributed by atoms with Crippen LogP contribution in [0.2, 0.25) is 0 Å². The molecule has 0 spiro atoms. The van der Waals surface area contributed by atoms with Gasteiger partial charge in [-0.3, -0.25) is 19.1 Å². The number of benzene rings is 1. The third kappa shape index (κ3) is 6.24. The van der Waals surface area contributed by atoms with Crippen LogP contribution in [0.1, 0.15) is 80.9 Å². The van der Waals surface area contributed by atoms with Crippen LogP contribution >= 0.6 is 0 Å². The Balaban J connectivity index is 1.51. The van der Waals surface area contributed by atoms with Crippen molar-refractivity contribution in [2.45, 2.75) is 71.1 Å². The zero-order valence-corrected chi connectivity index (χ0v) is 20.6. The van der Waals surface area contributed by atoms with Gasteiger partial charge in [-0.1, -0.05) is 43.7 Å². The van der Waals surface area contributed by atoms with Crippen LogP contribution < -0.4 is 15.6 Å². The Morgan fingerprint density at radius 1 is 1.14 bits per heavy atom. The minimum Gasteiger partial charge on any atom is -0.487 e. The van der Waals surface area contributed by atoms with E-state index in [0.717, 1.165) is 37.7 Å². The molecule has 2 unspecified atom stereocenters. The quantitative estimate of drug-likeness (QED) is 0.360. The molecule has 8 heteroatoms. The second kappa shape index (κ2) is 11.4. The molecule has 0 saturated heterocycles. The first-order valence-electron chi connectivity index (χ1n) is 12.7. The van der Waals surface area contributed by atoms with E-state index in [1.807, 2.05) is 35.2 Å². The van der Waals surface area contributed by atoms with Crippen molar-refractivity contribution in [3.63, 3.8) is 0 Å². The lowest BCUT2D eigenvalue weighted by Gasteiger charge is -2.39. The van der Waals surface area contributed by atoms with Crippen LogP contribution in [0.3, 0.4) is 0 Å². The molecule has 0 radical (unpaired) electrons. The highest BCUT2D eigenvalue weighted by Gasteiger charge is 2.38. The van der Waals surface area contributed by atoms with Crippen LogP contribution in [0, 0.1) is 5.92 Å². The van der Waals surface area contributed by atoms with Gasteiger partial charge in [-0.15, -0.1) is 0 Å². The second-order valence-electron chi connectivity index (χ2n) is 9.42. The highest BCUT2D eigenvalue weighted by Crippen LogP contribution is 2.33. The third-order valence-corrected chi connectivity index (χ3v) is 6.50. The topological polar surface area (TPSA) is 89.9 Å². The number of esters is 1. The van der Waals surface area contributed by atoms with Gasteiger partial charge in [-0.2, -0.15) is 0 Å². The maximum absolute atomic E-state index is 13.6. The Bertz CT molecular complexity index is 1080. The number of ether oxygens (including phenoxy) is 2. The Labute approximate surface area is 206 Å². The molecule has 188 valence electrons. The number of nitrogens with zero attached hydrogens (tertiary/aromatic N) is 2. The Hall–Kier alpha value is -3.29. The normalized spacial score (nSPS) is 17.9. The van der Waals surface area contributed by atoms with E-state index in [1.165, 1.54) is 13.0 Å².